The Morgan fingerprint density at radius 3 is 2.33 bits per heavy atom. The fraction of sp³-hybridized carbons (Fsp3) is 0.321. The van der Waals surface area contributed by atoms with Crippen molar-refractivity contribution in [2.24, 2.45) is 0 Å². The van der Waals surface area contributed by atoms with E-state index in [2.05, 4.69) is 5.32 Å². The number of hydrogen-bond acceptors (Lipinski definition) is 5. The van der Waals surface area contributed by atoms with Crippen molar-refractivity contribution in [3.8, 4) is 5.75 Å². The molecular formula is C28H28ClF2N3O5. The topological polar surface area (TPSA) is 89.9 Å². The summed E-state index contributed by atoms with van der Waals surface area (Å²) in [5, 5.41) is 3.04. The molecule has 2 aromatic carbocycles. The number of carbonyl (C=O) groups excluding carboxylic acids is 2. The van der Waals surface area contributed by atoms with E-state index in [1.54, 1.807) is 20.0 Å². The maximum atomic E-state index is 15.3. The number of aromatic nitrogens is 1. The van der Waals surface area contributed by atoms with E-state index in [0.29, 0.717) is 10.6 Å². The van der Waals surface area contributed by atoms with Crippen LogP contribution in [0.15, 0.2) is 47.4 Å². The molecule has 1 aliphatic rings. The molecule has 1 unspecified atom stereocenters. The lowest BCUT2D eigenvalue weighted by Gasteiger charge is -2.21. The number of methoxy groups -OCH3 is 2. The molecule has 1 N–H and O–H groups in total. The molecule has 3 aromatic rings. The summed E-state index contributed by atoms with van der Waals surface area (Å²) in [6, 6.07) is 6.63. The molecular weight excluding hydrogens is 532 g/mol. The number of hydrogen-bond donors (Lipinski definition) is 1. The Kier molecular flexibility index (Phi) is 8.36. The van der Waals surface area contributed by atoms with E-state index in [1.807, 2.05) is 0 Å². The van der Waals surface area contributed by atoms with Crippen LogP contribution in [-0.2, 0) is 16.1 Å². The monoisotopic (exact) mass is 559 g/mol. The lowest BCUT2D eigenvalue weighted by Crippen LogP contribution is -2.45. The van der Waals surface area contributed by atoms with Crippen LogP contribution in [0.4, 0.5) is 14.5 Å². The van der Waals surface area contributed by atoms with E-state index in [0.717, 1.165) is 17.7 Å². The molecule has 0 saturated carbocycles. The smallest absolute Gasteiger partial charge is 0.274 e. The summed E-state index contributed by atoms with van der Waals surface area (Å²) >= 11 is 5.92. The van der Waals surface area contributed by atoms with Crippen LogP contribution in [0.1, 0.15) is 33.0 Å². The van der Waals surface area contributed by atoms with Gasteiger partial charge in [-0.15, -0.1) is 0 Å². The van der Waals surface area contributed by atoms with Crippen LogP contribution in [-0.4, -0.2) is 49.8 Å². The van der Waals surface area contributed by atoms with Gasteiger partial charge in [0, 0.05) is 60.6 Å². The number of benzene rings is 2. The second kappa shape index (κ2) is 11.5. The fourth-order valence-electron chi connectivity index (χ4n) is 4.76. The van der Waals surface area contributed by atoms with Crippen LogP contribution in [0.3, 0.4) is 0 Å². The van der Waals surface area contributed by atoms with Gasteiger partial charge in [-0.25, -0.2) is 8.78 Å². The third-order valence-electron chi connectivity index (χ3n) is 6.93. The molecule has 1 saturated heterocycles. The zero-order valence-electron chi connectivity index (χ0n) is 21.9. The molecule has 4 rings (SSSR count). The summed E-state index contributed by atoms with van der Waals surface area (Å²) < 4.78 is 42.0. The van der Waals surface area contributed by atoms with Gasteiger partial charge >= 0.3 is 0 Å². The molecule has 11 heteroatoms. The minimum absolute atomic E-state index is 0.0350. The Labute approximate surface area is 229 Å². The molecule has 0 radical (unpaired) electrons. The predicted octanol–water partition coefficient (Wildman–Crippen LogP) is 3.98. The molecule has 2 atom stereocenters. The van der Waals surface area contributed by atoms with Crippen molar-refractivity contribution in [3.05, 3.63) is 91.9 Å². The van der Waals surface area contributed by atoms with Gasteiger partial charge in [0.2, 0.25) is 5.91 Å². The number of rotatable bonds is 8. The van der Waals surface area contributed by atoms with Crippen LogP contribution in [0.25, 0.3) is 0 Å². The Morgan fingerprint density at radius 1 is 1.10 bits per heavy atom. The lowest BCUT2D eigenvalue weighted by molar-refractivity contribution is -0.118. The number of pyridine rings is 1. The number of aryl methyl sites for hydroxylation is 1. The van der Waals surface area contributed by atoms with Crippen molar-refractivity contribution >= 4 is 29.1 Å². The molecule has 1 fully saturated rings. The average molecular weight is 560 g/mol. The van der Waals surface area contributed by atoms with Gasteiger partial charge in [0.05, 0.1) is 13.7 Å². The first-order valence-electron chi connectivity index (χ1n) is 12.2. The Balaban J connectivity index is 1.82. The molecule has 206 valence electrons. The zero-order chi connectivity index (χ0) is 28.4. The third-order valence-corrected chi connectivity index (χ3v) is 7.18. The van der Waals surface area contributed by atoms with Gasteiger partial charge in [0.15, 0.2) is 0 Å². The van der Waals surface area contributed by atoms with Crippen molar-refractivity contribution < 1.29 is 27.8 Å². The number of carbonyl (C=O) groups is 2. The van der Waals surface area contributed by atoms with Gasteiger partial charge in [0.1, 0.15) is 29.1 Å². The van der Waals surface area contributed by atoms with Crippen molar-refractivity contribution in [3.63, 3.8) is 0 Å². The summed E-state index contributed by atoms with van der Waals surface area (Å²) in [5.41, 5.74) is 0.717. The Bertz CT molecular complexity index is 1450. The van der Waals surface area contributed by atoms with Crippen molar-refractivity contribution in [2.45, 2.75) is 32.4 Å². The SMILES string of the molecule is COCCn1cc(C)c(C)c(N2C[C@@H](c3c(F)cc(OC)cc3F)C(NC(=O)c3ccc(Cl)cc3)C2=O)c1=O. The zero-order valence-corrected chi connectivity index (χ0v) is 22.6. The van der Waals surface area contributed by atoms with Crippen LogP contribution in [0, 0.1) is 25.5 Å². The summed E-state index contributed by atoms with van der Waals surface area (Å²) in [5.74, 6) is -4.35. The number of amides is 2. The first-order chi connectivity index (χ1) is 18.6. The van der Waals surface area contributed by atoms with Crippen molar-refractivity contribution in [1.82, 2.24) is 9.88 Å². The summed E-state index contributed by atoms with van der Waals surface area (Å²) in [6.45, 7) is 3.76. The fourth-order valence-corrected chi connectivity index (χ4v) is 4.88. The number of nitrogens with one attached hydrogen (secondary N) is 1. The van der Waals surface area contributed by atoms with Crippen LogP contribution in [0.2, 0.25) is 5.02 Å². The quantitative estimate of drug-likeness (QED) is 0.451. The van der Waals surface area contributed by atoms with Gasteiger partial charge in [0.25, 0.3) is 11.5 Å². The normalized spacial score (nSPS) is 17.0. The van der Waals surface area contributed by atoms with Crippen LogP contribution >= 0.6 is 11.6 Å². The lowest BCUT2D eigenvalue weighted by atomic mass is 9.92. The Morgan fingerprint density at radius 2 is 1.74 bits per heavy atom. The summed E-state index contributed by atoms with van der Waals surface area (Å²) in [4.78, 5) is 41.6. The molecule has 1 aromatic heterocycles. The van der Waals surface area contributed by atoms with E-state index < -0.39 is 46.5 Å². The standard InChI is InChI=1S/C28H28ClF2N3O5/c1-15-13-33(9-10-38-3)28(37)25(16(15)2)34-14-20(23-21(30)11-19(39-4)12-22(23)31)24(27(34)36)32-26(35)17-5-7-18(29)8-6-17/h5-8,11-13,20,24H,9-10,14H2,1-4H3,(H,32,35)/t20-,24?/m0/s1. The minimum atomic E-state index is -1.36. The van der Waals surface area contributed by atoms with Gasteiger partial charge in [-0.3, -0.25) is 14.4 Å². The summed E-state index contributed by atoms with van der Waals surface area (Å²) in [7, 11) is 2.78. The van der Waals surface area contributed by atoms with E-state index in [-0.39, 0.29) is 36.7 Å². The first-order valence-corrected chi connectivity index (χ1v) is 12.6. The van der Waals surface area contributed by atoms with E-state index in [1.165, 1.54) is 48.0 Å². The molecule has 1 aliphatic heterocycles. The van der Waals surface area contributed by atoms with Crippen molar-refractivity contribution in [2.75, 3.05) is 32.3 Å². The molecule has 0 spiro atoms. The number of ether oxygens (including phenoxy) is 2. The van der Waals surface area contributed by atoms with Gasteiger partial charge in [-0.1, -0.05) is 11.6 Å². The highest BCUT2D eigenvalue weighted by Crippen LogP contribution is 2.37. The van der Waals surface area contributed by atoms with Crippen LogP contribution in [0.5, 0.6) is 5.75 Å². The van der Waals surface area contributed by atoms with Gasteiger partial charge in [-0.2, -0.15) is 0 Å². The highest BCUT2D eigenvalue weighted by molar-refractivity contribution is 6.30. The maximum Gasteiger partial charge on any atom is 0.274 e. The molecule has 39 heavy (non-hydrogen) atoms. The molecule has 8 nitrogen and oxygen atoms in total. The predicted molar refractivity (Wildman–Crippen MR) is 143 cm³/mol. The third kappa shape index (κ3) is 5.53. The Hall–Kier alpha value is -3.76. The van der Waals surface area contributed by atoms with Crippen LogP contribution < -0.4 is 20.5 Å². The van der Waals surface area contributed by atoms with Gasteiger partial charge < -0.3 is 24.3 Å². The minimum Gasteiger partial charge on any atom is -0.497 e. The highest BCUT2D eigenvalue weighted by Gasteiger charge is 2.46. The maximum absolute atomic E-state index is 15.3. The van der Waals surface area contributed by atoms with E-state index in [9.17, 15) is 14.4 Å². The number of nitrogens with zero attached hydrogens (tertiary/aromatic N) is 2. The molecule has 2 heterocycles. The molecule has 2 amide bonds. The first kappa shape index (κ1) is 28.3. The van der Waals surface area contributed by atoms with Crippen molar-refractivity contribution in [1.29, 1.82) is 0 Å². The van der Waals surface area contributed by atoms with E-state index >= 15 is 8.78 Å². The molecule has 0 aliphatic carbocycles. The second-order valence-corrected chi connectivity index (χ2v) is 9.73. The molecule has 0 bridgehead atoms. The second-order valence-electron chi connectivity index (χ2n) is 9.30. The van der Waals surface area contributed by atoms with Gasteiger partial charge in [-0.05, 0) is 49.2 Å². The highest BCUT2D eigenvalue weighted by atomic mass is 35.5. The average Bonchev–Trinajstić information content (AvgIpc) is 3.20. The summed E-state index contributed by atoms with van der Waals surface area (Å²) in [6.07, 6.45) is 1.67. The largest absolute Gasteiger partial charge is 0.497 e. The number of halogens is 3. The number of anilines is 1. The van der Waals surface area contributed by atoms with E-state index in [4.69, 9.17) is 21.1 Å².